The average Bonchev–Trinajstić information content (AvgIpc) is 2.74. The minimum absolute atomic E-state index is 0.0683. The van der Waals surface area contributed by atoms with Gasteiger partial charge in [-0.05, 0) is 44.0 Å². The van der Waals surface area contributed by atoms with E-state index in [1.165, 1.54) is 6.26 Å². The first-order valence-corrected chi connectivity index (χ1v) is 5.78. The SMILES string of the molecule is COc1cc(C)cc(C)c1C(=O)c1coc(C)c1. The average molecular weight is 244 g/mol. The van der Waals surface area contributed by atoms with Gasteiger partial charge in [-0.1, -0.05) is 6.07 Å². The first-order valence-electron chi connectivity index (χ1n) is 5.78. The molecule has 0 spiro atoms. The van der Waals surface area contributed by atoms with E-state index < -0.39 is 0 Å². The lowest BCUT2D eigenvalue weighted by atomic mass is 9.97. The zero-order valence-electron chi connectivity index (χ0n) is 11.0. The van der Waals surface area contributed by atoms with Crippen LogP contribution in [0, 0.1) is 20.8 Å². The number of ether oxygens (including phenoxy) is 1. The fourth-order valence-corrected chi connectivity index (χ4v) is 2.09. The van der Waals surface area contributed by atoms with Crippen LogP contribution in [0.3, 0.4) is 0 Å². The molecule has 0 fully saturated rings. The minimum atomic E-state index is -0.0683. The number of ketones is 1. The van der Waals surface area contributed by atoms with Gasteiger partial charge in [0.15, 0.2) is 5.78 Å². The number of benzene rings is 1. The van der Waals surface area contributed by atoms with Gasteiger partial charge in [0.05, 0.1) is 18.2 Å². The summed E-state index contributed by atoms with van der Waals surface area (Å²) in [6, 6.07) is 5.58. The minimum Gasteiger partial charge on any atom is -0.496 e. The number of carbonyl (C=O) groups is 1. The van der Waals surface area contributed by atoms with Crippen LogP contribution < -0.4 is 4.74 Å². The first-order chi connectivity index (χ1) is 8.52. The van der Waals surface area contributed by atoms with E-state index in [4.69, 9.17) is 9.15 Å². The molecule has 0 radical (unpaired) electrons. The molecule has 0 atom stereocenters. The summed E-state index contributed by atoms with van der Waals surface area (Å²) in [5, 5.41) is 0. The van der Waals surface area contributed by atoms with Crippen molar-refractivity contribution in [2.24, 2.45) is 0 Å². The lowest BCUT2D eigenvalue weighted by Crippen LogP contribution is -2.06. The molecule has 0 N–H and O–H groups in total. The Labute approximate surface area is 106 Å². The Bertz CT molecular complexity index is 594. The predicted octanol–water partition coefficient (Wildman–Crippen LogP) is 3.44. The summed E-state index contributed by atoms with van der Waals surface area (Å²) in [7, 11) is 1.58. The summed E-state index contributed by atoms with van der Waals surface area (Å²) in [5.74, 6) is 1.26. The summed E-state index contributed by atoms with van der Waals surface area (Å²) in [6.07, 6.45) is 1.48. The highest BCUT2D eigenvalue weighted by atomic mass is 16.5. The zero-order valence-corrected chi connectivity index (χ0v) is 11.0. The van der Waals surface area contributed by atoms with Gasteiger partial charge in [0, 0.05) is 0 Å². The van der Waals surface area contributed by atoms with Crippen LogP contribution in [-0.4, -0.2) is 12.9 Å². The molecule has 3 nitrogen and oxygen atoms in total. The normalized spacial score (nSPS) is 10.4. The van der Waals surface area contributed by atoms with Crippen LogP contribution in [0.5, 0.6) is 5.75 Å². The van der Waals surface area contributed by atoms with Gasteiger partial charge in [0.25, 0.3) is 0 Å². The highest BCUT2D eigenvalue weighted by molar-refractivity contribution is 6.11. The fraction of sp³-hybridized carbons (Fsp3) is 0.267. The van der Waals surface area contributed by atoms with Crippen molar-refractivity contribution in [2.75, 3.05) is 7.11 Å². The standard InChI is InChI=1S/C15H16O3/c1-9-5-10(2)14(13(6-9)17-4)15(16)12-7-11(3)18-8-12/h5-8H,1-4H3. The Hall–Kier alpha value is -2.03. The topological polar surface area (TPSA) is 39.4 Å². The van der Waals surface area contributed by atoms with E-state index in [-0.39, 0.29) is 5.78 Å². The maximum absolute atomic E-state index is 12.4. The Balaban J connectivity index is 2.54. The maximum atomic E-state index is 12.4. The quantitative estimate of drug-likeness (QED) is 0.776. The smallest absolute Gasteiger partial charge is 0.200 e. The number of hydrogen-bond donors (Lipinski definition) is 0. The third-order valence-corrected chi connectivity index (χ3v) is 2.88. The van der Waals surface area contributed by atoms with Gasteiger partial charge >= 0.3 is 0 Å². The van der Waals surface area contributed by atoms with Crippen LogP contribution in [0.15, 0.2) is 28.9 Å². The summed E-state index contributed by atoms with van der Waals surface area (Å²) in [5.41, 5.74) is 3.14. The van der Waals surface area contributed by atoms with E-state index in [1.807, 2.05) is 32.9 Å². The van der Waals surface area contributed by atoms with E-state index in [2.05, 4.69) is 0 Å². The van der Waals surface area contributed by atoms with Gasteiger partial charge in [-0.3, -0.25) is 4.79 Å². The van der Waals surface area contributed by atoms with Crippen LogP contribution in [0.1, 0.15) is 32.8 Å². The molecule has 0 saturated carbocycles. The number of carbonyl (C=O) groups excluding carboxylic acids is 1. The Morgan fingerprint density at radius 3 is 2.44 bits per heavy atom. The van der Waals surface area contributed by atoms with Gasteiger partial charge in [-0.15, -0.1) is 0 Å². The molecule has 0 aliphatic rings. The van der Waals surface area contributed by atoms with Crippen LogP contribution in [-0.2, 0) is 0 Å². The summed E-state index contributed by atoms with van der Waals surface area (Å²) < 4.78 is 10.5. The van der Waals surface area contributed by atoms with Crippen molar-refractivity contribution in [2.45, 2.75) is 20.8 Å². The highest BCUT2D eigenvalue weighted by Crippen LogP contribution is 2.27. The van der Waals surface area contributed by atoms with Crippen LogP contribution in [0.25, 0.3) is 0 Å². The van der Waals surface area contributed by atoms with E-state index in [1.54, 1.807) is 13.2 Å². The number of methoxy groups -OCH3 is 1. The van der Waals surface area contributed by atoms with E-state index in [9.17, 15) is 4.79 Å². The molecule has 2 aromatic rings. The van der Waals surface area contributed by atoms with Crippen molar-refractivity contribution in [3.8, 4) is 5.75 Å². The second kappa shape index (κ2) is 4.69. The molecular formula is C15H16O3. The third kappa shape index (κ3) is 2.16. The molecule has 1 aromatic carbocycles. The Kier molecular flexibility index (Phi) is 3.24. The van der Waals surface area contributed by atoms with Crippen molar-refractivity contribution in [3.63, 3.8) is 0 Å². The highest BCUT2D eigenvalue weighted by Gasteiger charge is 2.19. The van der Waals surface area contributed by atoms with Crippen molar-refractivity contribution < 1.29 is 13.9 Å². The molecule has 0 saturated heterocycles. The second-order valence-electron chi connectivity index (χ2n) is 4.43. The fourth-order valence-electron chi connectivity index (χ4n) is 2.09. The first kappa shape index (κ1) is 12.4. The second-order valence-corrected chi connectivity index (χ2v) is 4.43. The van der Waals surface area contributed by atoms with Crippen molar-refractivity contribution in [3.05, 3.63) is 52.5 Å². The van der Waals surface area contributed by atoms with Crippen LogP contribution >= 0.6 is 0 Å². The van der Waals surface area contributed by atoms with Gasteiger partial charge in [-0.2, -0.15) is 0 Å². The molecule has 1 heterocycles. The van der Waals surface area contributed by atoms with Crippen molar-refractivity contribution in [1.29, 1.82) is 0 Å². The summed E-state index contributed by atoms with van der Waals surface area (Å²) in [4.78, 5) is 12.4. The molecule has 1 aromatic heterocycles. The predicted molar refractivity (Wildman–Crippen MR) is 69.3 cm³/mol. The number of aryl methyl sites for hydroxylation is 3. The van der Waals surface area contributed by atoms with Crippen molar-refractivity contribution >= 4 is 5.78 Å². The zero-order chi connectivity index (χ0) is 13.3. The van der Waals surface area contributed by atoms with E-state index >= 15 is 0 Å². The molecule has 94 valence electrons. The lowest BCUT2D eigenvalue weighted by molar-refractivity contribution is 0.103. The van der Waals surface area contributed by atoms with Crippen LogP contribution in [0.4, 0.5) is 0 Å². The molecule has 18 heavy (non-hydrogen) atoms. The van der Waals surface area contributed by atoms with Gasteiger partial charge in [0.2, 0.25) is 0 Å². The molecule has 2 rings (SSSR count). The molecule has 0 amide bonds. The number of rotatable bonds is 3. The third-order valence-electron chi connectivity index (χ3n) is 2.88. The van der Waals surface area contributed by atoms with Crippen LogP contribution in [0.2, 0.25) is 0 Å². The van der Waals surface area contributed by atoms with E-state index in [0.717, 1.165) is 16.9 Å². The molecule has 0 unspecified atom stereocenters. The summed E-state index contributed by atoms with van der Waals surface area (Å²) in [6.45, 7) is 5.71. The monoisotopic (exact) mass is 244 g/mol. The summed E-state index contributed by atoms with van der Waals surface area (Å²) >= 11 is 0. The molecule has 0 aliphatic heterocycles. The number of furan rings is 1. The molecule has 0 bridgehead atoms. The van der Waals surface area contributed by atoms with Gasteiger partial charge in [0.1, 0.15) is 17.8 Å². The largest absolute Gasteiger partial charge is 0.496 e. The van der Waals surface area contributed by atoms with Gasteiger partial charge in [-0.25, -0.2) is 0 Å². The molecule has 3 heteroatoms. The maximum Gasteiger partial charge on any atom is 0.200 e. The number of hydrogen-bond acceptors (Lipinski definition) is 3. The Morgan fingerprint density at radius 1 is 1.17 bits per heavy atom. The van der Waals surface area contributed by atoms with Gasteiger partial charge < -0.3 is 9.15 Å². The molecular weight excluding hydrogens is 228 g/mol. The molecule has 0 aliphatic carbocycles. The van der Waals surface area contributed by atoms with Crippen molar-refractivity contribution in [1.82, 2.24) is 0 Å². The Morgan fingerprint density at radius 2 is 1.89 bits per heavy atom. The van der Waals surface area contributed by atoms with E-state index in [0.29, 0.717) is 16.9 Å². The lowest BCUT2D eigenvalue weighted by Gasteiger charge is -2.11.